The largest absolute Gasteiger partial charge is 0.394 e. The Morgan fingerprint density at radius 1 is 0.541 bits per heavy atom. The highest BCUT2D eigenvalue weighted by Crippen LogP contribution is 2.23. The maximum atomic E-state index is 12.9. The first-order valence-electron chi connectivity index (χ1n) is 25.5. The molecule has 1 fully saturated rings. The van der Waals surface area contributed by atoms with E-state index in [0.29, 0.717) is 12.8 Å². The highest BCUT2D eigenvalue weighted by atomic mass is 16.7. The number of rotatable bonds is 42. The fraction of sp³-hybridized carbons (Fsp3) is 0.959. The number of hydrogen-bond donors (Lipinski definition) is 8. The average molecular weight is 873 g/mol. The van der Waals surface area contributed by atoms with Crippen LogP contribution in [0.1, 0.15) is 239 Å². The third kappa shape index (κ3) is 30.4. The molecule has 1 heterocycles. The lowest BCUT2D eigenvalue weighted by Crippen LogP contribution is -2.60. The van der Waals surface area contributed by atoms with Crippen LogP contribution in [0.5, 0.6) is 0 Å². The Hall–Kier alpha value is -1.38. The van der Waals surface area contributed by atoms with Crippen molar-refractivity contribution in [2.75, 3.05) is 13.2 Å². The molecule has 0 spiro atoms. The molecule has 0 aliphatic carbocycles. The van der Waals surface area contributed by atoms with Gasteiger partial charge in [-0.05, 0) is 12.8 Å². The molecule has 3 amide bonds. The van der Waals surface area contributed by atoms with Gasteiger partial charge in [-0.15, -0.1) is 0 Å². The standard InChI is InChI=1S/C49H96N2O10/c1-3-5-7-9-11-13-15-17-18-19-20-21-22-23-24-25-27-29-31-33-35-37-43(54)51-49(59)50-40(39-60-48-47(58)46(57)45(56)42(38-52)61-48)44(55)41(53)36-34-32-30-28-26-16-14-12-10-8-6-4-2/h40-42,44-48,52-53,55-58H,3-39H2,1-2H3,(H2,50,51,54,59)/t40-,41+,42+,44-,45-,46-,47+,48-/m0/s1. The van der Waals surface area contributed by atoms with E-state index in [1.165, 1.54) is 161 Å². The molecule has 8 N–H and O–H groups in total. The minimum Gasteiger partial charge on any atom is -0.394 e. The second-order valence-electron chi connectivity index (χ2n) is 18.2. The van der Waals surface area contributed by atoms with Crippen molar-refractivity contribution < 1.29 is 49.7 Å². The minimum atomic E-state index is -1.68. The number of imide groups is 1. The highest BCUT2D eigenvalue weighted by Gasteiger charge is 2.44. The smallest absolute Gasteiger partial charge is 0.321 e. The van der Waals surface area contributed by atoms with Gasteiger partial charge in [0.25, 0.3) is 0 Å². The number of ether oxygens (including phenoxy) is 2. The molecule has 0 unspecified atom stereocenters. The fourth-order valence-corrected chi connectivity index (χ4v) is 8.37. The molecule has 1 rings (SSSR count). The normalized spacial score (nSPS) is 20.7. The van der Waals surface area contributed by atoms with Crippen molar-refractivity contribution in [1.82, 2.24) is 10.6 Å². The van der Waals surface area contributed by atoms with Gasteiger partial charge in [0.05, 0.1) is 25.4 Å². The van der Waals surface area contributed by atoms with Gasteiger partial charge in [0.2, 0.25) is 5.91 Å². The Kier molecular flexibility index (Phi) is 37.9. The van der Waals surface area contributed by atoms with E-state index >= 15 is 0 Å². The van der Waals surface area contributed by atoms with Gasteiger partial charge < -0.3 is 45.4 Å². The molecule has 0 bridgehead atoms. The van der Waals surface area contributed by atoms with Gasteiger partial charge in [-0.2, -0.15) is 0 Å². The Labute approximate surface area is 372 Å². The predicted molar refractivity (Wildman–Crippen MR) is 245 cm³/mol. The summed E-state index contributed by atoms with van der Waals surface area (Å²) in [5.41, 5.74) is 0. The van der Waals surface area contributed by atoms with E-state index in [2.05, 4.69) is 24.5 Å². The summed E-state index contributed by atoms with van der Waals surface area (Å²) in [5, 5.41) is 67.1. The van der Waals surface area contributed by atoms with Gasteiger partial charge >= 0.3 is 6.03 Å². The minimum absolute atomic E-state index is 0.183. The van der Waals surface area contributed by atoms with E-state index in [-0.39, 0.29) is 12.8 Å². The lowest BCUT2D eigenvalue weighted by molar-refractivity contribution is -0.303. The van der Waals surface area contributed by atoms with Crippen LogP contribution in [0.15, 0.2) is 0 Å². The monoisotopic (exact) mass is 873 g/mol. The van der Waals surface area contributed by atoms with Crippen LogP contribution < -0.4 is 10.6 Å². The van der Waals surface area contributed by atoms with Gasteiger partial charge in [-0.3, -0.25) is 10.1 Å². The zero-order chi connectivity index (χ0) is 44.8. The van der Waals surface area contributed by atoms with Gasteiger partial charge in [0.1, 0.15) is 30.5 Å². The lowest BCUT2D eigenvalue weighted by Gasteiger charge is -2.40. The summed E-state index contributed by atoms with van der Waals surface area (Å²) in [7, 11) is 0. The topological polar surface area (TPSA) is 198 Å². The number of aliphatic hydroxyl groups excluding tert-OH is 6. The van der Waals surface area contributed by atoms with Gasteiger partial charge in [0, 0.05) is 6.42 Å². The SMILES string of the molecule is CCCCCCCCCCCCCCCCCCCCCCCC(=O)NC(=O)N[C@@H](CO[C@H]1O[C@H](CO)[C@H](O)[C@H](O)[C@H]1O)[C@H](O)[C@H](O)CCCCCCCCCCCCCC. The first-order valence-corrected chi connectivity index (χ1v) is 25.5. The number of amides is 3. The fourth-order valence-electron chi connectivity index (χ4n) is 8.37. The van der Waals surface area contributed by atoms with Crippen LogP contribution in [0.3, 0.4) is 0 Å². The Balaban J connectivity index is 2.33. The second kappa shape index (κ2) is 40.2. The van der Waals surface area contributed by atoms with Crippen LogP contribution in [0.4, 0.5) is 4.79 Å². The summed E-state index contributed by atoms with van der Waals surface area (Å²) in [4.78, 5) is 25.5. The molecule has 61 heavy (non-hydrogen) atoms. The first-order chi connectivity index (χ1) is 29.7. The Morgan fingerprint density at radius 2 is 0.918 bits per heavy atom. The van der Waals surface area contributed by atoms with Crippen molar-refractivity contribution in [3.05, 3.63) is 0 Å². The summed E-state index contributed by atoms with van der Waals surface area (Å²) in [6, 6.07) is -2.07. The molecule has 0 aromatic rings. The van der Waals surface area contributed by atoms with E-state index in [0.717, 1.165) is 38.5 Å². The van der Waals surface area contributed by atoms with Crippen LogP contribution >= 0.6 is 0 Å². The number of nitrogens with one attached hydrogen (secondary N) is 2. The van der Waals surface area contributed by atoms with Crippen LogP contribution in [-0.4, -0.2) is 105 Å². The summed E-state index contributed by atoms with van der Waals surface area (Å²) in [5.74, 6) is -0.449. The van der Waals surface area contributed by atoms with Crippen molar-refractivity contribution in [2.24, 2.45) is 0 Å². The van der Waals surface area contributed by atoms with Crippen LogP contribution in [0.2, 0.25) is 0 Å². The molecule has 12 heteroatoms. The van der Waals surface area contributed by atoms with Crippen molar-refractivity contribution in [2.45, 2.75) is 288 Å². The van der Waals surface area contributed by atoms with Crippen molar-refractivity contribution in [3.8, 4) is 0 Å². The maximum Gasteiger partial charge on any atom is 0.321 e. The third-order valence-electron chi connectivity index (χ3n) is 12.5. The molecule has 0 aromatic heterocycles. The Bertz CT molecular complexity index is 1010. The summed E-state index contributed by atoms with van der Waals surface area (Å²) < 4.78 is 11.0. The molecule has 12 nitrogen and oxygen atoms in total. The number of urea groups is 1. The summed E-state index contributed by atoms with van der Waals surface area (Å²) >= 11 is 0. The summed E-state index contributed by atoms with van der Waals surface area (Å²) in [6.45, 7) is 3.40. The molecule has 0 radical (unpaired) electrons. The molecular weight excluding hydrogens is 777 g/mol. The van der Waals surface area contributed by atoms with Crippen molar-refractivity contribution >= 4 is 11.9 Å². The molecule has 8 atom stereocenters. The molecule has 0 aromatic carbocycles. The highest BCUT2D eigenvalue weighted by molar-refractivity contribution is 5.94. The van der Waals surface area contributed by atoms with Crippen LogP contribution in [-0.2, 0) is 14.3 Å². The predicted octanol–water partition coefficient (Wildman–Crippen LogP) is 9.41. The maximum absolute atomic E-state index is 12.9. The Morgan fingerprint density at radius 3 is 1.31 bits per heavy atom. The average Bonchev–Trinajstić information content (AvgIpc) is 3.25. The zero-order valence-electron chi connectivity index (χ0n) is 39.1. The van der Waals surface area contributed by atoms with E-state index in [4.69, 9.17) is 9.47 Å². The van der Waals surface area contributed by atoms with E-state index in [1.807, 2.05) is 0 Å². The van der Waals surface area contributed by atoms with E-state index in [1.54, 1.807) is 0 Å². The van der Waals surface area contributed by atoms with E-state index < -0.39 is 74.1 Å². The third-order valence-corrected chi connectivity index (χ3v) is 12.5. The molecule has 1 aliphatic rings. The lowest BCUT2D eigenvalue weighted by atomic mass is 9.98. The van der Waals surface area contributed by atoms with Gasteiger partial charge in [-0.1, -0.05) is 219 Å². The van der Waals surface area contributed by atoms with Crippen molar-refractivity contribution in [1.29, 1.82) is 0 Å². The van der Waals surface area contributed by atoms with Gasteiger partial charge in [-0.25, -0.2) is 4.79 Å². The van der Waals surface area contributed by atoms with Crippen LogP contribution in [0, 0.1) is 0 Å². The molecule has 362 valence electrons. The number of hydrogen-bond acceptors (Lipinski definition) is 10. The quantitative estimate of drug-likeness (QED) is 0.0274. The van der Waals surface area contributed by atoms with Crippen LogP contribution in [0.25, 0.3) is 0 Å². The van der Waals surface area contributed by atoms with E-state index in [9.17, 15) is 40.2 Å². The van der Waals surface area contributed by atoms with Gasteiger partial charge in [0.15, 0.2) is 6.29 Å². The summed E-state index contributed by atoms with van der Waals surface area (Å²) in [6.07, 6.45) is 30.9. The number of aliphatic hydroxyl groups is 6. The number of carbonyl (C=O) groups is 2. The number of unbranched alkanes of at least 4 members (excludes halogenated alkanes) is 31. The molecule has 1 aliphatic heterocycles. The van der Waals surface area contributed by atoms with Crippen molar-refractivity contribution in [3.63, 3.8) is 0 Å². The molecule has 1 saturated heterocycles. The number of carbonyl (C=O) groups excluding carboxylic acids is 2. The zero-order valence-corrected chi connectivity index (χ0v) is 39.1. The molecule has 0 saturated carbocycles. The second-order valence-corrected chi connectivity index (χ2v) is 18.2. The molecular formula is C49H96N2O10. The first kappa shape index (κ1) is 57.6.